The Hall–Kier alpha value is -0.120. The van der Waals surface area contributed by atoms with Gasteiger partial charge in [-0.1, -0.05) is 0 Å². The lowest BCUT2D eigenvalue weighted by Gasteiger charge is -2.42. The summed E-state index contributed by atoms with van der Waals surface area (Å²) in [5, 5.41) is 3.47. The average Bonchev–Trinajstić information content (AvgIpc) is 2.45. The lowest BCUT2D eigenvalue weighted by Crippen LogP contribution is -2.47. The first-order valence-electron chi connectivity index (χ1n) is 8.20. The van der Waals surface area contributed by atoms with Crippen molar-refractivity contribution in [2.45, 2.75) is 70.6 Å². The van der Waals surface area contributed by atoms with E-state index in [1.54, 1.807) is 0 Å². The zero-order chi connectivity index (χ0) is 13.7. The molecule has 3 nitrogen and oxygen atoms in total. The third-order valence-electron chi connectivity index (χ3n) is 4.99. The Morgan fingerprint density at radius 1 is 1.16 bits per heavy atom. The van der Waals surface area contributed by atoms with Crippen LogP contribution in [0, 0.1) is 5.92 Å². The van der Waals surface area contributed by atoms with Gasteiger partial charge in [0.15, 0.2) is 0 Å². The summed E-state index contributed by atoms with van der Waals surface area (Å²) >= 11 is 0. The van der Waals surface area contributed by atoms with Crippen molar-refractivity contribution in [1.82, 2.24) is 10.2 Å². The van der Waals surface area contributed by atoms with Gasteiger partial charge >= 0.3 is 0 Å². The highest BCUT2D eigenvalue weighted by atomic mass is 16.5. The molecule has 0 radical (unpaired) electrons. The SMILES string of the molecule is COC1CCCC(N(CC2CCNCC2)C(C)C)C1. The normalized spacial score (nSPS) is 30.2. The minimum Gasteiger partial charge on any atom is -0.381 e. The molecule has 0 amide bonds. The molecule has 0 aromatic rings. The lowest BCUT2D eigenvalue weighted by molar-refractivity contribution is 0.0115. The highest BCUT2D eigenvalue weighted by Gasteiger charge is 2.29. The van der Waals surface area contributed by atoms with Crippen LogP contribution < -0.4 is 5.32 Å². The molecule has 19 heavy (non-hydrogen) atoms. The Kier molecular flexibility index (Phi) is 6.11. The molecular weight excluding hydrogens is 236 g/mol. The topological polar surface area (TPSA) is 24.5 Å². The maximum atomic E-state index is 5.60. The number of nitrogens with zero attached hydrogens (tertiary/aromatic N) is 1. The Labute approximate surface area is 119 Å². The van der Waals surface area contributed by atoms with Gasteiger partial charge in [0.25, 0.3) is 0 Å². The monoisotopic (exact) mass is 268 g/mol. The first-order chi connectivity index (χ1) is 9.20. The number of rotatable bonds is 5. The molecule has 0 aromatic carbocycles. The van der Waals surface area contributed by atoms with Gasteiger partial charge in [-0.2, -0.15) is 0 Å². The van der Waals surface area contributed by atoms with Gasteiger partial charge in [0.05, 0.1) is 6.10 Å². The highest BCUT2D eigenvalue weighted by molar-refractivity contribution is 4.84. The summed E-state index contributed by atoms with van der Waals surface area (Å²) in [6.07, 6.45) is 8.38. The van der Waals surface area contributed by atoms with Gasteiger partial charge < -0.3 is 10.1 Å². The van der Waals surface area contributed by atoms with E-state index in [0.29, 0.717) is 12.1 Å². The van der Waals surface area contributed by atoms with Crippen LogP contribution in [0.3, 0.4) is 0 Å². The summed E-state index contributed by atoms with van der Waals surface area (Å²) in [6.45, 7) is 8.43. The molecule has 3 heteroatoms. The third kappa shape index (κ3) is 4.44. The van der Waals surface area contributed by atoms with E-state index in [1.165, 1.54) is 58.2 Å². The molecular formula is C16H32N2O. The number of hydrogen-bond donors (Lipinski definition) is 1. The van der Waals surface area contributed by atoms with E-state index < -0.39 is 0 Å². The van der Waals surface area contributed by atoms with Gasteiger partial charge in [0.2, 0.25) is 0 Å². The van der Waals surface area contributed by atoms with Gasteiger partial charge in [-0.3, -0.25) is 4.90 Å². The fourth-order valence-electron chi connectivity index (χ4n) is 3.78. The third-order valence-corrected chi connectivity index (χ3v) is 4.99. The number of methoxy groups -OCH3 is 1. The predicted molar refractivity (Wildman–Crippen MR) is 80.5 cm³/mol. The van der Waals surface area contributed by atoms with Gasteiger partial charge in [-0.15, -0.1) is 0 Å². The maximum Gasteiger partial charge on any atom is 0.0586 e. The molecule has 1 aliphatic heterocycles. The zero-order valence-corrected chi connectivity index (χ0v) is 13.0. The molecule has 2 unspecified atom stereocenters. The highest BCUT2D eigenvalue weighted by Crippen LogP contribution is 2.28. The van der Waals surface area contributed by atoms with Crippen molar-refractivity contribution in [3.05, 3.63) is 0 Å². The molecule has 1 aliphatic carbocycles. The van der Waals surface area contributed by atoms with Crippen LogP contribution in [-0.4, -0.2) is 49.8 Å². The Bertz CT molecular complexity index is 251. The molecule has 0 spiro atoms. The van der Waals surface area contributed by atoms with E-state index in [4.69, 9.17) is 4.74 Å². The van der Waals surface area contributed by atoms with Crippen LogP contribution in [0.25, 0.3) is 0 Å². The van der Waals surface area contributed by atoms with Crippen molar-refractivity contribution >= 4 is 0 Å². The minimum atomic E-state index is 0.494. The standard InChI is InChI=1S/C16H32N2O/c1-13(2)18(12-14-7-9-17-10-8-14)15-5-4-6-16(11-15)19-3/h13-17H,4-12H2,1-3H3. The van der Waals surface area contributed by atoms with E-state index in [2.05, 4.69) is 24.1 Å². The molecule has 1 saturated carbocycles. The molecule has 2 rings (SSSR count). The van der Waals surface area contributed by atoms with Crippen molar-refractivity contribution in [3.63, 3.8) is 0 Å². The van der Waals surface area contributed by atoms with E-state index >= 15 is 0 Å². The summed E-state index contributed by atoms with van der Waals surface area (Å²) in [4.78, 5) is 2.77. The van der Waals surface area contributed by atoms with Crippen molar-refractivity contribution in [1.29, 1.82) is 0 Å². The van der Waals surface area contributed by atoms with E-state index in [9.17, 15) is 0 Å². The summed E-state index contributed by atoms with van der Waals surface area (Å²) < 4.78 is 5.60. The van der Waals surface area contributed by atoms with Gasteiger partial charge in [0, 0.05) is 25.7 Å². The second-order valence-electron chi connectivity index (χ2n) is 6.66. The van der Waals surface area contributed by atoms with E-state index in [-0.39, 0.29) is 0 Å². The molecule has 1 N–H and O–H groups in total. The molecule has 2 aliphatic rings. The first kappa shape index (κ1) is 15.3. The summed E-state index contributed by atoms with van der Waals surface area (Å²) in [5.41, 5.74) is 0. The second kappa shape index (κ2) is 7.61. The van der Waals surface area contributed by atoms with E-state index in [0.717, 1.165) is 12.0 Å². The van der Waals surface area contributed by atoms with Crippen molar-refractivity contribution in [2.75, 3.05) is 26.7 Å². The van der Waals surface area contributed by atoms with Crippen LogP contribution in [-0.2, 0) is 4.74 Å². The quantitative estimate of drug-likeness (QED) is 0.829. The lowest BCUT2D eigenvalue weighted by atomic mass is 9.89. The second-order valence-corrected chi connectivity index (χ2v) is 6.66. The smallest absolute Gasteiger partial charge is 0.0586 e. The molecule has 0 aromatic heterocycles. The fraction of sp³-hybridized carbons (Fsp3) is 1.00. The van der Waals surface area contributed by atoms with Crippen molar-refractivity contribution < 1.29 is 4.74 Å². The molecule has 1 heterocycles. The van der Waals surface area contributed by atoms with Crippen LogP contribution in [0.15, 0.2) is 0 Å². The van der Waals surface area contributed by atoms with Crippen molar-refractivity contribution in [3.8, 4) is 0 Å². The Morgan fingerprint density at radius 3 is 2.53 bits per heavy atom. The van der Waals surface area contributed by atoms with Crippen LogP contribution >= 0.6 is 0 Å². The number of hydrogen-bond acceptors (Lipinski definition) is 3. The molecule has 1 saturated heterocycles. The van der Waals surface area contributed by atoms with Crippen molar-refractivity contribution in [2.24, 2.45) is 5.92 Å². The summed E-state index contributed by atoms with van der Waals surface area (Å²) in [7, 11) is 1.87. The number of ether oxygens (including phenoxy) is 1. The minimum absolute atomic E-state index is 0.494. The van der Waals surface area contributed by atoms with Gasteiger partial charge in [-0.25, -0.2) is 0 Å². The Balaban J connectivity index is 1.90. The average molecular weight is 268 g/mol. The summed E-state index contributed by atoms with van der Waals surface area (Å²) in [6, 6.07) is 1.41. The summed E-state index contributed by atoms with van der Waals surface area (Å²) in [5.74, 6) is 0.895. The fourth-order valence-corrected chi connectivity index (χ4v) is 3.78. The van der Waals surface area contributed by atoms with Crippen LogP contribution in [0.2, 0.25) is 0 Å². The van der Waals surface area contributed by atoms with Gasteiger partial charge in [-0.05, 0) is 71.4 Å². The molecule has 0 bridgehead atoms. The molecule has 2 fully saturated rings. The van der Waals surface area contributed by atoms with Crippen LogP contribution in [0.1, 0.15) is 52.4 Å². The van der Waals surface area contributed by atoms with Gasteiger partial charge in [0.1, 0.15) is 0 Å². The first-order valence-corrected chi connectivity index (χ1v) is 8.20. The molecule has 112 valence electrons. The number of nitrogens with one attached hydrogen (secondary N) is 1. The van der Waals surface area contributed by atoms with Crippen LogP contribution in [0.4, 0.5) is 0 Å². The molecule has 2 atom stereocenters. The number of piperidine rings is 1. The van der Waals surface area contributed by atoms with Crippen LogP contribution in [0.5, 0.6) is 0 Å². The predicted octanol–water partition coefficient (Wildman–Crippen LogP) is 2.65. The largest absolute Gasteiger partial charge is 0.381 e. The zero-order valence-electron chi connectivity index (χ0n) is 13.0. The maximum absolute atomic E-state index is 5.60. The van der Waals surface area contributed by atoms with E-state index in [1.807, 2.05) is 7.11 Å². The Morgan fingerprint density at radius 2 is 1.89 bits per heavy atom.